The molecule has 0 spiro atoms. The lowest BCUT2D eigenvalue weighted by molar-refractivity contribution is -0.384. The summed E-state index contributed by atoms with van der Waals surface area (Å²) in [6, 6.07) is 6.13. The predicted octanol–water partition coefficient (Wildman–Crippen LogP) is 2.20. The highest BCUT2D eigenvalue weighted by Crippen LogP contribution is 2.15. The van der Waals surface area contributed by atoms with Gasteiger partial charge in [-0.15, -0.1) is 11.3 Å². The zero-order chi connectivity index (χ0) is 15.2. The van der Waals surface area contributed by atoms with Crippen molar-refractivity contribution in [2.24, 2.45) is 0 Å². The van der Waals surface area contributed by atoms with Crippen molar-refractivity contribution in [2.45, 2.75) is 6.92 Å². The van der Waals surface area contributed by atoms with E-state index in [-0.39, 0.29) is 11.6 Å². The van der Waals surface area contributed by atoms with Crippen LogP contribution in [0.1, 0.15) is 15.4 Å². The summed E-state index contributed by atoms with van der Waals surface area (Å²) in [6.45, 7) is 2.77. The summed E-state index contributed by atoms with van der Waals surface area (Å²) in [6.07, 6.45) is 0. The number of hydrogen-bond acceptors (Lipinski definition) is 6. The number of aryl methyl sites for hydroxylation is 1. The highest BCUT2D eigenvalue weighted by atomic mass is 32.1. The zero-order valence-electron chi connectivity index (χ0n) is 11.3. The van der Waals surface area contributed by atoms with Gasteiger partial charge in [-0.25, -0.2) is 4.98 Å². The summed E-state index contributed by atoms with van der Waals surface area (Å²) in [5.41, 5.74) is 3.18. The van der Waals surface area contributed by atoms with E-state index in [1.165, 1.54) is 23.5 Å². The van der Waals surface area contributed by atoms with Crippen LogP contribution in [0.5, 0.6) is 0 Å². The van der Waals surface area contributed by atoms with E-state index in [1.807, 2.05) is 0 Å². The molecule has 1 aromatic heterocycles. The minimum atomic E-state index is -0.443. The van der Waals surface area contributed by atoms with Crippen molar-refractivity contribution in [3.63, 3.8) is 0 Å². The molecule has 0 aliphatic heterocycles. The summed E-state index contributed by atoms with van der Waals surface area (Å²) in [4.78, 5) is 26.5. The van der Waals surface area contributed by atoms with Crippen molar-refractivity contribution in [1.29, 1.82) is 0 Å². The Balaban J connectivity index is 1.76. The molecule has 2 rings (SSSR count). The standard InChI is InChI=1S/C13H14N4O3S/c1-9-12(21-8-16-9)13(18)15-7-6-14-10-2-4-11(5-3-10)17(19)20/h2-5,8,14H,6-7H2,1H3,(H,15,18). The molecule has 0 atom stereocenters. The number of aromatic nitrogens is 1. The number of nitrogens with zero attached hydrogens (tertiary/aromatic N) is 2. The van der Waals surface area contributed by atoms with Crippen molar-refractivity contribution >= 4 is 28.6 Å². The van der Waals surface area contributed by atoms with Gasteiger partial charge in [0.05, 0.1) is 16.1 Å². The molecule has 0 fully saturated rings. The Morgan fingerprint density at radius 2 is 2.05 bits per heavy atom. The Kier molecular flexibility index (Phi) is 4.83. The highest BCUT2D eigenvalue weighted by molar-refractivity contribution is 7.11. The summed E-state index contributed by atoms with van der Waals surface area (Å²) in [5.74, 6) is -0.138. The van der Waals surface area contributed by atoms with Gasteiger partial charge in [0.1, 0.15) is 4.88 Å². The van der Waals surface area contributed by atoms with Crippen LogP contribution in [0.4, 0.5) is 11.4 Å². The second-order valence-corrected chi connectivity index (χ2v) is 5.11. The highest BCUT2D eigenvalue weighted by Gasteiger charge is 2.10. The smallest absolute Gasteiger partial charge is 0.269 e. The molecule has 0 unspecified atom stereocenters. The van der Waals surface area contributed by atoms with Crippen molar-refractivity contribution in [1.82, 2.24) is 10.3 Å². The van der Waals surface area contributed by atoms with Crippen LogP contribution in [0.15, 0.2) is 29.8 Å². The van der Waals surface area contributed by atoms with E-state index in [1.54, 1.807) is 24.6 Å². The van der Waals surface area contributed by atoms with Crippen LogP contribution >= 0.6 is 11.3 Å². The van der Waals surface area contributed by atoms with Crippen molar-refractivity contribution in [3.8, 4) is 0 Å². The Morgan fingerprint density at radius 3 is 2.62 bits per heavy atom. The van der Waals surface area contributed by atoms with Gasteiger partial charge in [0.2, 0.25) is 0 Å². The summed E-state index contributed by atoms with van der Waals surface area (Å²) >= 11 is 1.31. The van der Waals surface area contributed by atoms with Gasteiger partial charge < -0.3 is 10.6 Å². The first kappa shape index (κ1) is 14.9. The van der Waals surface area contributed by atoms with Gasteiger partial charge in [-0.3, -0.25) is 14.9 Å². The predicted molar refractivity (Wildman–Crippen MR) is 80.8 cm³/mol. The lowest BCUT2D eigenvalue weighted by atomic mass is 10.3. The molecule has 8 heteroatoms. The minimum Gasteiger partial charge on any atom is -0.383 e. The molecule has 0 saturated carbocycles. The molecule has 1 amide bonds. The van der Waals surface area contributed by atoms with Crippen LogP contribution in [0.25, 0.3) is 0 Å². The van der Waals surface area contributed by atoms with Crippen molar-refractivity contribution < 1.29 is 9.72 Å². The topological polar surface area (TPSA) is 97.2 Å². The molecular weight excluding hydrogens is 292 g/mol. The molecule has 2 N–H and O–H groups in total. The first-order valence-corrected chi connectivity index (χ1v) is 7.12. The molecule has 2 aromatic rings. The number of carbonyl (C=O) groups excluding carboxylic acids is 1. The fraction of sp³-hybridized carbons (Fsp3) is 0.231. The molecule has 1 heterocycles. The second kappa shape index (κ2) is 6.80. The normalized spacial score (nSPS) is 10.1. The molecule has 7 nitrogen and oxygen atoms in total. The van der Waals surface area contributed by atoms with Crippen LogP contribution in [0, 0.1) is 17.0 Å². The lowest BCUT2D eigenvalue weighted by Crippen LogP contribution is -2.28. The fourth-order valence-corrected chi connectivity index (χ4v) is 2.40. The largest absolute Gasteiger partial charge is 0.383 e. The maximum absolute atomic E-state index is 11.8. The molecule has 0 aliphatic rings. The number of benzene rings is 1. The molecule has 110 valence electrons. The average Bonchev–Trinajstić information content (AvgIpc) is 2.90. The van der Waals surface area contributed by atoms with E-state index < -0.39 is 4.92 Å². The van der Waals surface area contributed by atoms with Gasteiger partial charge in [0.15, 0.2) is 0 Å². The monoisotopic (exact) mass is 306 g/mol. The summed E-state index contributed by atoms with van der Waals surface area (Å²) in [5, 5.41) is 16.4. The van der Waals surface area contributed by atoms with Gasteiger partial charge in [0.25, 0.3) is 11.6 Å². The number of nitrogens with one attached hydrogen (secondary N) is 2. The number of thiazole rings is 1. The summed E-state index contributed by atoms with van der Waals surface area (Å²) in [7, 11) is 0. The number of amides is 1. The molecule has 0 aliphatic carbocycles. The Morgan fingerprint density at radius 1 is 1.33 bits per heavy atom. The lowest BCUT2D eigenvalue weighted by Gasteiger charge is -2.07. The Labute approximate surface area is 125 Å². The maximum atomic E-state index is 11.8. The van der Waals surface area contributed by atoms with Crippen LogP contribution < -0.4 is 10.6 Å². The molecule has 0 radical (unpaired) electrons. The van der Waals surface area contributed by atoms with E-state index in [2.05, 4.69) is 15.6 Å². The van der Waals surface area contributed by atoms with Gasteiger partial charge in [-0.1, -0.05) is 0 Å². The number of nitro benzene ring substituents is 1. The molecule has 1 aromatic carbocycles. The number of rotatable bonds is 6. The van der Waals surface area contributed by atoms with Crippen LogP contribution in [0.3, 0.4) is 0 Å². The van der Waals surface area contributed by atoms with Crippen LogP contribution in [-0.4, -0.2) is 28.9 Å². The van der Waals surface area contributed by atoms with E-state index in [4.69, 9.17) is 0 Å². The molecule has 0 bridgehead atoms. The number of carbonyl (C=O) groups is 1. The van der Waals surface area contributed by atoms with Gasteiger partial charge in [-0.2, -0.15) is 0 Å². The Hall–Kier alpha value is -2.48. The number of non-ortho nitro benzene ring substituents is 1. The third kappa shape index (κ3) is 3.99. The van der Waals surface area contributed by atoms with Crippen LogP contribution in [-0.2, 0) is 0 Å². The molecular formula is C13H14N4O3S. The average molecular weight is 306 g/mol. The van der Waals surface area contributed by atoms with Crippen molar-refractivity contribution in [3.05, 3.63) is 50.5 Å². The third-order valence-corrected chi connectivity index (χ3v) is 3.70. The fourth-order valence-electron chi connectivity index (χ4n) is 1.68. The Bertz CT molecular complexity index is 639. The molecule has 21 heavy (non-hydrogen) atoms. The SMILES string of the molecule is Cc1ncsc1C(=O)NCCNc1ccc([N+](=O)[O-])cc1. The van der Waals surface area contributed by atoms with Gasteiger partial charge >= 0.3 is 0 Å². The second-order valence-electron chi connectivity index (χ2n) is 4.25. The van der Waals surface area contributed by atoms with E-state index in [0.29, 0.717) is 18.0 Å². The maximum Gasteiger partial charge on any atom is 0.269 e. The number of hydrogen-bond donors (Lipinski definition) is 2. The van der Waals surface area contributed by atoms with Gasteiger partial charge in [0, 0.05) is 30.9 Å². The van der Waals surface area contributed by atoms with E-state index in [9.17, 15) is 14.9 Å². The van der Waals surface area contributed by atoms with Crippen LogP contribution in [0.2, 0.25) is 0 Å². The first-order chi connectivity index (χ1) is 10.1. The third-order valence-electron chi connectivity index (χ3n) is 2.77. The van der Waals surface area contributed by atoms with E-state index >= 15 is 0 Å². The van der Waals surface area contributed by atoms with Crippen molar-refractivity contribution in [2.75, 3.05) is 18.4 Å². The molecule has 0 saturated heterocycles. The minimum absolute atomic E-state index is 0.0505. The van der Waals surface area contributed by atoms with Gasteiger partial charge in [-0.05, 0) is 19.1 Å². The quantitative estimate of drug-likeness (QED) is 0.484. The first-order valence-electron chi connectivity index (χ1n) is 6.24. The summed E-state index contributed by atoms with van der Waals surface area (Å²) < 4.78 is 0. The van der Waals surface area contributed by atoms with E-state index in [0.717, 1.165) is 11.4 Å². The number of anilines is 1. The zero-order valence-corrected chi connectivity index (χ0v) is 12.1. The number of nitro groups is 1.